The van der Waals surface area contributed by atoms with Crippen molar-refractivity contribution in [3.8, 4) is 0 Å². The number of aliphatic hydroxyl groups is 1. The number of likely N-dealkylation sites (tertiary alicyclic amines) is 1. The van der Waals surface area contributed by atoms with E-state index in [4.69, 9.17) is 4.98 Å². The first-order valence-corrected chi connectivity index (χ1v) is 7.79. The lowest BCUT2D eigenvalue weighted by atomic mass is 10.1. The van der Waals surface area contributed by atoms with Crippen LogP contribution in [-0.2, 0) is 6.54 Å². The second kappa shape index (κ2) is 6.41. The van der Waals surface area contributed by atoms with E-state index in [0.29, 0.717) is 6.04 Å². The molecule has 0 saturated carbocycles. The molecule has 0 radical (unpaired) electrons. The lowest BCUT2D eigenvalue weighted by molar-refractivity contribution is 0.154. The van der Waals surface area contributed by atoms with E-state index in [0.717, 1.165) is 37.4 Å². The molecule has 1 unspecified atom stereocenters. The first-order chi connectivity index (χ1) is 10.3. The van der Waals surface area contributed by atoms with E-state index in [2.05, 4.69) is 29.3 Å². The van der Waals surface area contributed by atoms with E-state index >= 15 is 0 Å². The third-order valence-corrected chi connectivity index (χ3v) is 4.23. The van der Waals surface area contributed by atoms with E-state index in [1.54, 1.807) is 0 Å². The summed E-state index contributed by atoms with van der Waals surface area (Å²) in [5.41, 5.74) is 2.24. The minimum absolute atomic E-state index is 0.248. The maximum absolute atomic E-state index is 9.49. The molecule has 0 bridgehead atoms. The van der Waals surface area contributed by atoms with Gasteiger partial charge in [0.1, 0.15) is 5.82 Å². The van der Waals surface area contributed by atoms with Crippen LogP contribution in [0.25, 0.3) is 10.9 Å². The summed E-state index contributed by atoms with van der Waals surface area (Å²) < 4.78 is 0. The average molecular weight is 285 g/mol. The van der Waals surface area contributed by atoms with Gasteiger partial charge in [-0.15, -0.1) is 0 Å². The minimum Gasteiger partial charge on any atom is -0.395 e. The van der Waals surface area contributed by atoms with Crippen LogP contribution in [0, 0.1) is 0 Å². The van der Waals surface area contributed by atoms with Gasteiger partial charge in [-0.3, -0.25) is 4.90 Å². The topological polar surface area (TPSA) is 48.4 Å². The number of nitrogens with zero attached hydrogens (tertiary/aromatic N) is 2. The fourth-order valence-electron chi connectivity index (χ4n) is 3.13. The molecule has 1 aromatic heterocycles. The monoisotopic (exact) mass is 285 g/mol. The highest BCUT2D eigenvalue weighted by atomic mass is 16.3. The number of fused-ring (bicyclic) bond motifs is 1. The minimum atomic E-state index is 0.248. The number of hydrogen-bond donors (Lipinski definition) is 2. The Morgan fingerprint density at radius 2 is 2.24 bits per heavy atom. The van der Waals surface area contributed by atoms with Crippen LogP contribution >= 0.6 is 0 Å². The fourth-order valence-corrected chi connectivity index (χ4v) is 3.13. The number of benzene rings is 1. The Morgan fingerprint density at radius 3 is 3.05 bits per heavy atom. The molecule has 2 aromatic rings. The Bertz CT molecular complexity index is 614. The second-order valence-electron chi connectivity index (χ2n) is 5.67. The summed E-state index contributed by atoms with van der Waals surface area (Å²) in [5, 5.41) is 14.0. The summed E-state index contributed by atoms with van der Waals surface area (Å²) in [7, 11) is 0. The van der Waals surface area contributed by atoms with E-state index in [-0.39, 0.29) is 6.61 Å². The van der Waals surface area contributed by atoms with Gasteiger partial charge in [-0.2, -0.15) is 0 Å². The van der Waals surface area contributed by atoms with Crippen molar-refractivity contribution in [2.75, 3.05) is 25.0 Å². The van der Waals surface area contributed by atoms with Gasteiger partial charge in [-0.25, -0.2) is 4.98 Å². The molecule has 2 N–H and O–H groups in total. The van der Waals surface area contributed by atoms with Gasteiger partial charge in [0.15, 0.2) is 0 Å². The van der Waals surface area contributed by atoms with E-state index < -0.39 is 0 Å². The molecule has 21 heavy (non-hydrogen) atoms. The summed E-state index contributed by atoms with van der Waals surface area (Å²) in [6.45, 7) is 5.11. The molecule has 0 aliphatic carbocycles. The molecule has 4 heteroatoms. The van der Waals surface area contributed by atoms with Crippen LogP contribution < -0.4 is 5.32 Å². The van der Waals surface area contributed by atoms with Gasteiger partial charge in [0.05, 0.1) is 12.1 Å². The smallest absolute Gasteiger partial charge is 0.131 e. The molecule has 3 rings (SSSR count). The number of rotatable bonds is 5. The maximum atomic E-state index is 9.49. The molecule has 1 atom stereocenters. The Balaban J connectivity index is 1.93. The van der Waals surface area contributed by atoms with Gasteiger partial charge in [0, 0.05) is 30.1 Å². The Morgan fingerprint density at radius 1 is 1.38 bits per heavy atom. The number of hydrogen-bond acceptors (Lipinski definition) is 4. The highest BCUT2D eigenvalue weighted by Gasteiger charge is 2.24. The van der Waals surface area contributed by atoms with Crippen molar-refractivity contribution in [3.63, 3.8) is 0 Å². The molecule has 0 amide bonds. The van der Waals surface area contributed by atoms with Gasteiger partial charge in [0.25, 0.3) is 0 Å². The third kappa shape index (κ3) is 3.01. The Kier molecular flexibility index (Phi) is 4.36. The normalized spacial score (nSPS) is 19.2. The first kappa shape index (κ1) is 14.3. The molecule has 1 aliphatic heterocycles. The molecular weight excluding hydrogens is 262 g/mol. The zero-order chi connectivity index (χ0) is 14.7. The van der Waals surface area contributed by atoms with Crippen LogP contribution in [0.4, 0.5) is 5.82 Å². The number of aromatic nitrogens is 1. The van der Waals surface area contributed by atoms with Crippen molar-refractivity contribution in [2.24, 2.45) is 0 Å². The number of para-hydroxylation sites is 1. The van der Waals surface area contributed by atoms with Crippen LogP contribution in [0.2, 0.25) is 0 Å². The number of aliphatic hydroxyl groups excluding tert-OH is 1. The van der Waals surface area contributed by atoms with Crippen LogP contribution in [0.15, 0.2) is 30.3 Å². The lowest BCUT2D eigenvalue weighted by Gasteiger charge is -2.24. The molecule has 1 aromatic carbocycles. The molecule has 2 heterocycles. The molecule has 4 nitrogen and oxygen atoms in total. The van der Waals surface area contributed by atoms with Crippen LogP contribution in [0.3, 0.4) is 0 Å². The summed E-state index contributed by atoms with van der Waals surface area (Å²) in [5.74, 6) is 0.972. The van der Waals surface area contributed by atoms with Gasteiger partial charge >= 0.3 is 0 Å². The van der Waals surface area contributed by atoms with Gasteiger partial charge < -0.3 is 10.4 Å². The van der Waals surface area contributed by atoms with Gasteiger partial charge in [-0.1, -0.05) is 18.2 Å². The summed E-state index contributed by atoms with van der Waals surface area (Å²) in [4.78, 5) is 7.13. The van der Waals surface area contributed by atoms with Crippen molar-refractivity contribution in [3.05, 3.63) is 35.9 Å². The Labute approximate surface area is 125 Å². The molecule has 1 saturated heterocycles. The lowest BCUT2D eigenvalue weighted by Crippen LogP contribution is -2.32. The summed E-state index contributed by atoms with van der Waals surface area (Å²) >= 11 is 0. The first-order valence-electron chi connectivity index (χ1n) is 7.79. The molecule has 112 valence electrons. The third-order valence-electron chi connectivity index (χ3n) is 4.23. The summed E-state index contributed by atoms with van der Waals surface area (Å²) in [6, 6.07) is 10.8. The fraction of sp³-hybridized carbons (Fsp3) is 0.471. The molecule has 0 spiro atoms. The summed E-state index contributed by atoms with van der Waals surface area (Å²) in [6.07, 6.45) is 2.26. The predicted molar refractivity (Wildman–Crippen MR) is 86.4 cm³/mol. The van der Waals surface area contributed by atoms with Crippen LogP contribution in [-0.4, -0.2) is 40.7 Å². The molecule has 1 aliphatic rings. The van der Waals surface area contributed by atoms with E-state index in [1.807, 2.05) is 18.2 Å². The number of anilines is 1. The number of nitrogens with one attached hydrogen (secondary N) is 1. The quantitative estimate of drug-likeness (QED) is 0.886. The van der Waals surface area contributed by atoms with Crippen molar-refractivity contribution >= 4 is 16.7 Å². The zero-order valence-corrected chi connectivity index (χ0v) is 12.5. The van der Waals surface area contributed by atoms with Gasteiger partial charge in [0.2, 0.25) is 0 Å². The van der Waals surface area contributed by atoms with Crippen molar-refractivity contribution in [1.82, 2.24) is 9.88 Å². The number of pyridine rings is 1. The van der Waals surface area contributed by atoms with E-state index in [9.17, 15) is 5.11 Å². The average Bonchev–Trinajstić information content (AvgIpc) is 2.95. The maximum Gasteiger partial charge on any atom is 0.131 e. The van der Waals surface area contributed by atoms with E-state index in [1.165, 1.54) is 17.4 Å². The van der Waals surface area contributed by atoms with Crippen molar-refractivity contribution < 1.29 is 5.11 Å². The van der Waals surface area contributed by atoms with Crippen LogP contribution in [0.1, 0.15) is 25.3 Å². The van der Waals surface area contributed by atoms with Gasteiger partial charge in [-0.05, 0) is 38.4 Å². The predicted octanol–water partition coefficient (Wildman–Crippen LogP) is 2.62. The second-order valence-corrected chi connectivity index (χ2v) is 5.67. The zero-order valence-electron chi connectivity index (χ0n) is 12.5. The SMILES string of the molecule is CCNc1nc2ccccc2cc1CN1CCCC1CO. The van der Waals surface area contributed by atoms with Crippen LogP contribution in [0.5, 0.6) is 0 Å². The van der Waals surface area contributed by atoms with Crippen molar-refractivity contribution in [1.29, 1.82) is 0 Å². The standard InChI is InChI=1S/C17H23N3O/c1-2-18-17-14(11-20-9-5-7-15(20)12-21)10-13-6-3-4-8-16(13)19-17/h3-4,6,8,10,15,21H,2,5,7,9,11-12H2,1H3,(H,18,19). The Hall–Kier alpha value is -1.65. The highest BCUT2D eigenvalue weighted by molar-refractivity contribution is 5.81. The molecule has 1 fully saturated rings. The van der Waals surface area contributed by atoms with Crippen molar-refractivity contribution in [2.45, 2.75) is 32.4 Å². The largest absolute Gasteiger partial charge is 0.395 e. The molecular formula is C17H23N3O. The highest BCUT2D eigenvalue weighted by Crippen LogP contribution is 2.25.